The van der Waals surface area contributed by atoms with Gasteiger partial charge >= 0.3 is 4.87 Å². The topological polar surface area (TPSA) is 68.2 Å². The lowest BCUT2D eigenvalue weighted by Gasteiger charge is -2.20. The maximum Gasteiger partial charge on any atom is 0.308 e. The van der Waals surface area contributed by atoms with Crippen LogP contribution >= 0.6 is 11.3 Å². The minimum atomic E-state index is -3.76. The van der Waals surface area contributed by atoms with Gasteiger partial charge in [-0.2, -0.15) is 0 Å². The number of aryl methyl sites for hydroxylation is 2. The van der Waals surface area contributed by atoms with Gasteiger partial charge in [0, 0.05) is 6.04 Å². The van der Waals surface area contributed by atoms with E-state index in [0.29, 0.717) is 17.7 Å². The number of aromatic nitrogens is 1. The minimum absolute atomic E-state index is 0.104. The van der Waals surface area contributed by atoms with Gasteiger partial charge in [-0.3, -0.25) is 9.36 Å². The van der Waals surface area contributed by atoms with Crippen LogP contribution in [-0.2, 0) is 16.6 Å². The van der Waals surface area contributed by atoms with Crippen LogP contribution in [0.25, 0.3) is 10.2 Å². The van der Waals surface area contributed by atoms with Gasteiger partial charge in [0.2, 0.25) is 10.0 Å². The Kier molecular flexibility index (Phi) is 6.33. The highest BCUT2D eigenvalue weighted by Gasteiger charge is 2.22. The maximum absolute atomic E-state index is 13.2. The highest BCUT2D eigenvalue weighted by molar-refractivity contribution is 7.89. The third-order valence-electron chi connectivity index (χ3n) is 5.64. The molecule has 0 radical (unpaired) electrons. The molecule has 3 aromatic carbocycles. The van der Waals surface area contributed by atoms with Crippen LogP contribution in [0, 0.1) is 13.8 Å². The Morgan fingerprint density at radius 1 is 1.00 bits per heavy atom. The van der Waals surface area contributed by atoms with Crippen molar-refractivity contribution in [2.75, 3.05) is 0 Å². The fraction of sp³-hybridized carbons (Fsp3) is 0.240. The van der Waals surface area contributed by atoms with E-state index in [1.54, 1.807) is 22.8 Å². The second-order valence-electron chi connectivity index (χ2n) is 8.01. The molecule has 5 nitrogen and oxygen atoms in total. The van der Waals surface area contributed by atoms with E-state index in [1.165, 1.54) is 0 Å². The van der Waals surface area contributed by atoms with E-state index in [2.05, 4.69) is 10.8 Å². The molecule has 32 heavy (non-hydrogen) atoms. The highest BCUT2D eigenvalue weighted by Crippen LogP contribution is 2.26. The molecule has 7 heteroatoms. The van der Waals surface area contributed by atoms with E-state index in [0.717, 1.165) is 39.1 Å². The molecule has 0 spiro atoms. The SMILES string of the molecule is CC[C@H](NS(=O)(=O)c1ccc2c(c1)sc(=O)n2Cc1ccccc1)c1ccc(C)cc1C. The normalized spacial score (nSPS) is 12.8. The molecule has 0 fully saturated rings. The molecule has 0 amide bonds. The molecule has 0 aliphatic carbocycles. The van der Waals surface area contributed by atoms with Crippen molar-refractivity contribution < 1.29 is 8.42 Å². The van der Waals surface area contributed by atoms with Crippen molar-refractivity contribution >= 4 is 31.6 Å². The van der Waals surface area contributed by atoms with Gasteiger partial charge < -0.3 is 0 Å². The summed E-state index contributed by atoms with van der Waals surface area (Å²) in [5.74, 6) is 0. The first-order valence-electron chi connectivity index (χ1n) is 10.6. The van der Waals surface area contributed by atoms with Crippen molar-refractivity contribution in [2.24, 2.45) is 0 Å². The van der Waals surface area contributed by atoms with E-state index in [9.17, 15) is 13.2 Å². The van der Waals surface area contributed by atoms with Crippen LogP contribution < -0.4 is 9.60 Å². The summed E-state index contributed by atoms with van der Waals surface area (Å²) in [7, 11) is -3.76. The predicted molar refractivity (Wildman–Crippen MR) is 131 cm³/mol. The number of nitrogens with zero attached hydrogens (tertiary/aromatic N) is 1. The molecule has 1 N–H and O–H groups in total. The van der Waals surface area contributed by atoms with Crippen LogP contribution in [0.3, 0.4) is 0 Å². The lowest BCUT2D eigenvalue weighted by molar-refractivity contribution is 0.549. The zero-order valence-electron chi connectivity index (χ0n) is 18.3. The Morgan fingerprint density at radius 3 is 2.44 bits per heavy atom. The summed E-state index contributed by atoms with van der Waals surface area (Å²) in [6, 6.07) is 20.4. The Hall–Kier alpha value is -2.74. The number of fused-ring (bicyclic) bond motifs is 1. The highest BCUT2D eigenvalue weighted by atomic mass is 32.2. The summed E-state index contributed by atoms with van der Waals surface area (Å²) in [4.78, 5) is 12.7. The van der Waals surface area contributed by atoms with Crippen molar-refractivity contribution in [3.05, 3.63) is 98.7 Å². The van der Waals surface area contributed by atoms with Crippen molar-refractivity contribution in [2.45, 2.75) is 44.7 Å². The number of benzene rings is 3. The van der Waals surface area contributed by atoms with Crippen molar-refractivity contribution in [3.8, 4) is 0 Å². The Morgan fingerprint density at radius 2 is 1.75 bits per heavy atom. The molecule has 0 bridgehead atoms. The summed E-state index contributed by atoms with van der Waals surface area (Å²) in [5.41, 5.74) is 4.94. The third-order valence-corrected chi connectivity index (χ3v) is 8.05. The number of thiazole rings is 1. The molecule has 0 aliphatic rings. The molecule has 4 rings (SSSR count). The molecule has 166 valence electrons. The van der Waals surface area contributed by atoms with Crippen LogP contribution in [-0.4, -0.2) is 13.0 Å². The van der Waals surface area contributed by atoms with Gasteiger partial charge in [0.05, 0.1) is 21.7 Å². The first kappa shape index (κ1) is 22.5. The molecular formula is C25H26N2O3S2. The minimum Gasteiger partial charge on any atom is -0.294 e. The molecule has 0 saturated carbocycles. The van der Waals surface area contributed by atoms with E-state index >= 15 is 0 Å². The summed E-state index contributed by atoms with van der Waals surface area (Å²) < 4.78 is 31.6. The van der Waals surface area contributed by atoms with E-state index < -0.39 is 10.0 Å². The molecular weight excluding hydrogens is 440 g/mol. The van der Waals surface area contributed by atoms with Gasteiger partial charge in [0.1, 0.15) is 0 Å². The average Bonchev–Trinajstić information content (AvgIpc) is 3.07. The maximum atomic E-state index is 13.2. The summed E-state index contributed by atoms with van der Waals surface area (Å²) in [6.45, 7) is 6.44. The smallest absolute Gasteiger partial charge is 0.294 e. The second kappa shape index (κ2) is 9.02. The lowest BCUT2D eigenvalue weighted by atomic mass is 9.98. The predicted octanol–water partition coefficient (Wildman–Crippen LogP) is 5.16. The second-order valence-corrected chi connectivity index (χ2v) is 10.7. The van der Waals surface area contributed by atoms with Crippen molar-refractivity contribution in [1.82, 2.24) is 9.29 Å². The van der Waals surface area contributed by atoms with Gasteiger partial charge in [-0.15, -0.1) is 0 Å². The molecule has 1 atom stereocenters. The van der Waals surface area contributed by atoms with Gasteiger partial charge in [0.15, 0.2) is 0 Å². The van der Waals surface area contributed by atoms with Crippen LogP contribution in [0.4, 0.5) is 0 Å². The number of rotatable bonds is 7. The Labute approximate surface area is 192 Å². The summed E-state index contributed by atoms with van der Waals surface area (Å²) in [5, 5.41) is 0. The van der Waals surface area contributed by atoms with Crippen LogP contribution in [0.15, 0.2) is 76.4 Å². The molecule has 0 aliphatic heterocycles. The molecule has 0 unspecified atom stereocenters. The monoisotopic (exact) mass is 466 g/mol. The molecule has 4 aromatic rings. The lowest BCUT2D eigenvalue weighted by Crippen LogP contribution is -2.28. The van der Waals surface area contributed by atoms with Crippen LogP contribution in [0.1, 0.15) is 41.6 Å². The van der Waals surface area contributed by atoms with Gasteiger partial charge in [-0.05, 0) is 55.2 Å². The molecule has 1 aromatic heterocycles. The van der Waals surface area contributed by atoms with Crippen molar-refractivity contribution in [1.29, 1.82) is 0 Å². The first-order valence-corrected chi connectivity index (χ1v) is 12.9. The first-order chi connectivity index (χ1) is 15.3. The van der Waals surface area contributed by atoms with E-state index in [1.807, 2.05) is 63.2 Å². The zero-order valence-corrected chi connectivity index (χ0v) is 20.0. The van der Waals surface area contributed by atoms with E-state index in [-0.39, 0.29) is 15.8 Å². The Bertz CT molecular complexity index is 1420. The number of sulfonamides is 1. The quantitative estimate of drug-likeness (QED) is 0.409. The van der Waals surface area contributed by atoms with E-state index in [4.69, 9.17) is 0 Å². The third kappa shape index (κ3) is 4.55. The largest absolute Gasteiger partial charge is 0.308 e. The summed E-state index contributed by atoms with van der Waals surface area (Å²) in [6.07, 6.45) is 0.631. The van der Waals surface area contributed by atoms with Gasteiger partial charge in [-0.1, -0.05) is 72.4 Å². The standard InChI is InChI=1S/C25H26N2O3S2/c1-4-22(21-12-10-17(2)14-18(21)3)26-32(29,30)20-11-13-23-24(15-20)31-25(28)27(23)16-19-8-6-5-7-9-19/h5-15,22,26H,4,16H2,1-3H3/t22-/m0/s1. The molecule has 0 saturated heterocycles. The summed E-state index contributed by atoms with van der Waals surface area (Å²) >= 11 is 1.07. The zero-order chi connectivity index (χ0) is 22.9. The van der Waals surface area contributed by atoms with Crippen LogP contribution in [0.5, 0.6) is 0 Å². The fourth-order valence-corrected chi connectivity index (χ4v) is 6.30. The van der Waals surface area contributed by atoms with Crippen LogP contribution in [0.2, 0.25) is 0 Å². The number of nitrogens with one attached hydrogen (secondary N) is 1. The van der Waals surface area contributed by atoms with Gasteiger partial charge in [0.25, 0.3) is 0 Å². The number of hydrogen-bond acceptors (Lipinski definition) is 4. The van der Waals surface area contributed by atoms with Crippen molar-refractivity contribution in [3.63, 3.8) is 0 Å². The number of hydrogen-bond donors (Lipinski definition) is 1. The molecule has 1 heterocycles. The average molecular weight is 467 g/mol. The fourth-order valence-electron chi connectivity index (χ4n) is 3.97. The van der Waals surface area contributed by atoms with Gasteiger partial charge in [-0.25, -0.2) is 13.1 Å². The Balaban J connectivity index is 1.65.